The number of hydrogen-bond acceptors (Lipinski definition) is 5. The lowest BCUT2D eigenvalue weighted by molar-refractivity contribution is 0.597. The molecule has 0 N–H and O–H groups in total. The molecule has 0 amide bonds. The molecular formula is C13H15N3O2S2. The molecule has 0 saturated heterocycles. The number of thioether (sulfide) groups is 1. The first-order chi connectivity index (χ1) is 9.67. The summed E-state index contributed by atoms with van der Waals surface area (Å²) in [7, 11) is -3.21. The van der Waals surface area contributed by atoms with Crippen molar-refractivity contribution in [2.45, 2.75) is 28.9 Å². The predicted molar refractivity (Wildman–Crippen MR) is 77.5 cm³/mol. The van der Waals surface area contributed by atoms with E-state index in [1.807, 2.05) is 10.6 Å². The lowest BCUT2D eigenvalue weighted by atomic mass is 10.4. The average Bonchev–Trinajstić information content (AvgIpc) is 3.20. The Balaban J connectivity index is 1.61. The maximum Gasteiger partial charge on any atom is 0.191 e. The zero-order valence-electron chi connectivity index (χ0n) is 10.8. The van der Waals surface area contributed by atoms with Gasteiger partial charge in [0, 0.05) is 11.8 Å². The van der Waals surface area contributed by atoms with Gasteiger partial charge >= 0.3 is 0 Å². The number of hydrogen-bond donors (Lipinski definition) is 0. The highest BCUT2D eigenvalue weighted by molar-refractivity contribution is 8.00. The van der Waals surface area contributed by atoms with E-state index < -0.39 is 9.84 Å². The van der Waals surface area contributed by atoms with Crippen LogP contribution in [0.25, 0.3) is 0 Å². The average molecular weight is 309 g/mol. The molecule has 0 spiro atoms. The van der Waals surface area contributed by atoms with E-state index in [4.69, 9.17) is 0 Å². The maximum absolute atomic E-state index is 12.1. The molecule has 1 aliphatic carbocycles. The second-order valence-electron chi connectivity index (χ2n) is 4.73. The van der Waals surface area contributed by atoms with Gasteiger partial charge in [-0.15, -0.1) is 10.2 Å². The molecule has 1 aromatic carbocycles. The van der Waals surface area contributed by atoms with E-state index in [1.54, 1.807) is 30.6 Å². The largest absolute Gasteiger partial charge is 0.306 e. The molecule has 1 fully saturated rings. The van der Waals surface area contributed by atoms with Crippen LogP contribution in [0.4, 0.5) is 0 Å². The van der Waals surface area contributed by atoms with Crippen molar-refractivity contribution in [1.29, 1.82) is 0 Å². The van der Waals surface area contributed by atoms with Gasteiger partial charge in [0.2, 0.25) is 0 Å². The van der Waals surface area contributed by atoms with Crippen molar-refractivity contribution in [3.05, 3.63) is 36.7 Å². The van der Waals surface area contributed by atoms with Crippen molar-refractivity contribution in [2.24, 2.45) is 0 Å². The van der Waals surface area contributed by atoms with Crippen molar-refractivity contribution in [1.82, 2.24) is 14.8 Å². The molecule has 0 unspecified atom stereocenters. The van der Waals surface area contributed by atoms with Gasteiger partial charge in [0.05, 0.1) is 10.6 Å². The molecule has 5 nitrogen and oxygen atoms in total. The van der Waals surface area contributed by atoms with Crippen LogP contribution in [-0.4, -0.2) is 34.7 Å². The number of aromatic nitrogens is 3. The van der Waals surface area contributed by atoms with Crippen LogP contribution < -0.4 is 0 Å². The number of sulfone groups is 1. The molecule has 1 saturated carbocycles. The van der Waals surface area contributed by atoms with E-state index in [-0.39, 0.29) is 5.75 Å². The highest BCUT2D eigenvalue weighted by Crippen LogP contribution is 2.37. The van der Waals surface area contributed by atoms with Gasteiger partial charge in [-0.2, -0.15) is 0 Å². The maximum atomic E-state index is 12.1. The Morgan fingerprint density at radius 2 is 2.00 bits per heavy atom. The van der Waals surface area contributed by atoms with Crippen LogP contribution in [0, 0.1) is 0 Å². The van der Waals surface area contributed by atoms with Gasteiger partial charge in [-0.3, -0.25) is 0 Å². The molecule has 20 heavy (non-hydrogen) atoms. The van der Waals surface area contributed by atoms with Gasteiger partial charge in [-0.25, -0.2) is 8.42 Å². The Morgan fingerprint density at radius 1 is 1.25 bits per heavy atom. The van der Waals surface area contributed by atoms with E-state index >= 15 is 0 Å². The van der Waals surface area contributed by atoms with Crippen molar-refractivity contribution in [2.75, 3.05) is 11.5 Å². The van der Waals surface area contributed by atoms with Crippen molar-refractivity contribution >= 4 is 21.6 Å². The topological polar surface area (TPSA) is 64.8 Å². The van der Waals surface area contributed by atoms with Gasteiger partial charge in [0.1, 0.15) is 6.33 Å². The third-order valence-electron chi connectivity index (χ3n) is 3.17. The zero-order chi connectivity index (χ0) is 14.0. The molecular weight excluding hydrogens is 294 g/mol. The first kappa shape index (κ1) is 13.6. The van der Waals surface area contributed by atoms with Crippen LogP contribution in [-0.2, 0) is 9.84 Å². The second kappa shape index (κ2) is 5.57. The smallest absolute Gasteiger partial charge is 0.191 e. The Hall–Kier alpha value is -1.34. The molecule has 3 rings (SSSR count). The number of nitrogens with zero attached hydrogens (tertiary/aromatic N) is 3. The SMILES string of the molecule is O=S(=O)(CCSc1nncn1C1CC1)c1ccccc1. The van der Waals surface area contributed by atoms with Crippen LogP contribution in [0.5, 0.6) is 0 Å². The van der Waals surface area contributed by atoms with Crippen LogP contribution in [0.2, 0.25) is 0 Å². The summed E-state index contributed by atoms with van der Waals surface area (Å²) in [6.07, 6.45) is 4.05. The molecule has 0 aliphatic heterocycles. The van der Waals surface area contributed by atoms with E-state index in [0.717, 1.165) is 18.0 Å². The normalized spacial score (nSPS) is 15.4. The minimum atomic E-state index is -3.21. The van der Waals surface area contributed by atoms with Crippen molar-refractivity contribution < 1.29 is 8.42 Å². The molecule has 1 aliphatic rings. The van der Waals surface area contributed by atoms with E-state index in [2.05, 4.69) is 10.2 Å². The zero-order valence-corrected chi connectivity index (χ0v) is 12.5. The minimum Gasteiger partial charge on any atom is -0.306 e. The van der Waals surface area contributed by atoms with E-state index in [1.165, 1.54) is 11.8 Å². The van der Waals surface area contributed by atoms with E-state index in [9.17, 15) is 8.42 Å². The lowest BCUT2D eigenvalue weighted by Gasteiger charge is -2.05. The molecule has 2 aromatic rings. The van der Waals surface area contributed by atoms with Gasteiger partial charge in [0.25, 0.3) is 0 Å². The lowest BCUT2D eigenvalue weighted by Crippen LogP contribution is -2.09. The highest BCUT2D eigenvalue weighted by Gasteiger charge is 2.26. The molecule has 106 valence electrons. The van der Waals surface area contributed by atoms with Gasteiger partial charge in [-0.05, 0) is 25.0 Å². The summed E-state index contributed by atoms with van der Waals surface area (Å²) in [5.41, 5.74) is 0. The van der Waals surface area contributed by atoms with E-state index in [0.29, 0.717) is 16.7 Å². The summed E-state index contributed by atoms with van der Waals surface area (Å²) in [4.78, 5) is 0.379. The molecule has 0 bridgehead atoms. The van der Waals surface area contributed by atoms with Crippen LogP contribution in [0.15, 0.2) is 46.7 Å². The Labute approximate surface area is 122 Å². The Kier molecular flexibility index (Phi) is 3.80. The van der Waals surface area contributed by atoms with Crippen molar-refractivity contribution in [3.8, 4) is 0 Å². The standard InChI is InChI=1S/C13H15N3O2S2/c17-20(18,12-4-2-1-3-5-12)9-8-19-13-15-14-10-16(13)11-6-7-11/h1-5,10-11H,6-9H2. The third-order valence-corrected chi connectivity index (χ3v) is 6.12. The number of rotatable bonds is 6. The minimum absolute atomic E-state index is 0.110. The van der Waals surface area contributed by atoms with Crippen LogP contribution in [0.1, 0.15) is 18.9 Å². The molecule has 0 atom stereocenters. The van der Waals surface area contributed by atoms with Gasteiger partial charge in [0.15, 0.2) is 15.0 Å². The fraction of sp³-hybridized carbons (Fsp3) is 0.385. The first-order valence-electron chi connectivity index (χ1n) is 6.47. The summed E-state index contributed by atoms with van der Waals surface area (Å²) < 4.78 is 26.3. The highest BCUT2D eigenvalue weighted by atomic mass is 32.2. The molecule has 0 radical (unpaired) electrons. The fourth-order valence-electron chi connectivity index (χ4n) is 1.93. The molecule has 1 heterocycles. The third kappa shape index (κ3) is 3.04. The Morgan fingerprint density at radius 3 is 2.70 bits per heavy atom. The molecule has 1 aromatic heterocycles. The van der Waals surface area contributed by atoms with Crippen molar-refractivity contribution in [3.63, 3.8) is 0 Å². The predicted octanol–water partition coefficient (Wildman–Crippen LogP) is 2.18. The Bertz CT molecular complexity index is 679. The summed E-state index contributed by atoms with van der Waals surface area (Å²) in [6.45, 7) is 0. The van der Waals surface area contributed by atoms with Crippen LogP contribution in [0.3, 0.4) is 0 Å². The first-order valence-corrected chi connectivity index (χ1v) is 9.11. The monoisotopic (exact) mass is 309 g/mol. The quantitative estimate of drug-likeness (QED) is 0.765. The summed E-state index contributed by atoms with van der Waals surface area (Å²) >= 11 is 1.45. The summed E-state index contributed by atoms with van der Waals surface area (Å²) in [5.74, 6) is 0.599. The van der Waals surface area contributed by atoms with Gasteiger partial charge in [-0.1, -0.05) is 30.0 Å². The fourth-order valence-corrected chi connectivity index (χ4v) is 4.58. The summed E-state index contributed by atoms with van der Waals surface area (Å²) in [5, 5.41) is 8.77. The molecule has 7 heteroatoms. The second-order valence-corrected chi connectivity index (χ2v) is 7.90. The van der Waals surface area contributed by atoms with Crippen LogP contribution >= 0.6 is 11.8 Å². The number of benzene rings is 1. The summed E-state index contributed by atoms with van der Waals surface area (Å²) in [6, 6.07) is 9.07. The van der Waals surface area contributed by atoms with Gasteiger partial charge < -0.3 is 4.57 Å².